The van der Waals surface area contributed by atoms with Gasteiger partial charge in [0.2, 0.25) is 6.29 Å². The zero-order valence-electron chi connectivity index (χ0n) is 21.0. The first-order valence-corrected chi connectivity index (χ1v) is 13.5. The molecule has 10 unspecified atom stereocenters. The molecule has 0 amide bonds. The maximum Gasteiger partial charge on any atom is 0.314 e. The van der Waals surface area contributed by atoms with Gasteiger partial charge in [0.25, 0.3) is 0 Å². The van der Waals surface area contributed by atoms with Crippen LogP contribution >= 0.6 is 0 Å². The highest BCUT2D eigenvalue weighted by Gasteiger charge is 2.79. The van der Waals surface area contributed by atoms with Gasteiger partial charge < -0.3 is 44.8 Å². The summed E-state index contributed by atoms with van der Waals surface area (Å²) in [4.78, 5) is 13.8. The van der Waals surface area contributed by atoms with Gasteiger partial charge in [-0.3, -0.25) is 4.79 Å². The topological polar surface area (TPSA) is 166 Å². The Bertz CT molecular complexity index is 913. The number of aliphatic hydroxyl groups is 6. The Morgan fingerprint density at radius 1 is 1.03 bits per heavy atom. The molecule has 7 fully saturated rings. The summed E-state index contributed by atoms with van der Waals surface area (Å²) in [5.41, 5.74) is -2.35. The van der Waals surface area contributed by atoms with Crippen LogP contribution in [-0.2, 0) is 19.0 Å². The fraction of sp³-hybridized carbons (Fsp3) is 0.962. The maximum absolute atomic E-state index is 13.8. The van der Waals surface area contributed by atoms with Crippen LogP contribution in [0.3, 0.4) is 0 Å². The lowest BCUT2D eigenvalue weighted by molar-refractivity contribution is -0.302. The molecule has 4 saturated carbocycles. The molecule has 0 aromatic heterocycles. The number of esters is 1. The van der Waals surface area contributed by atoms with Gasteiger partial charge in [-0.05, 0) is 68.6 Å². The molecule has 10 nitrogen and oxygen atoms in total. The Balaban J connectivity index is 1.28. The molecule has 204 valence electrons. The van der Waals surface area contributed by atoms with Gasteiger partial charge in [0.1, 0.15) is 30.0 Å². The summed E-state index contributed by atoms with van der Waals surface area (Å²) >= 11 is 0. The van der Waals surface area contributed by atoms with Crippen molar-refractivity contribution in [2.75, 3.05) is 13.2 Å². The van der Waals surface area contributed by atoms with E-state index in [1.165, 1.54) is 0 Å². The van der Waals surface area contributed by atoms with Crippen LogP contribution in [0.15, 0.2) is 0 Å². The van der Waals surface area contributed by atoms with E-state index in [4.69, 9.17) is 14.2 Å². The monoisotopic (exact) mass is 512 g/mol. The van der Waals surface area contributed by atoms with E-state index in [0.29, 0.717) is 6.42 Å². The van der Waals surface area contributed by atoms with Crippen molar-refractivity contribution in [2.24, 2.45) is 34.0 Å². The van der Waals surface area contributed by atoms with Gasteiger partial charge in [-0.15, -0.1) is 0 Å². The van der Waals surface area contributed by atoms with Crippen LogP contribution < -0.4 is 0 Å². The van der Waals surface area contributed by atoms with Crippen LogP contribution in [0.1, 0.15) is 58.8 Å². The lowest BCUT2D eigenvalue weighted by Gasteiger charge is -2.66. The van der Waals surface area contributed by atoms with Gasteiger partial charge in [-0.1, -0.05) is 13.3 Å². The molecule has 0 radical (unpaired) electrons. The smallest absolute Gasteiger partial charge is 0.314 e. The largest absolute Gasteiger partial charge is 0.432 e. The van der Waals surface area contributed by atoms with Crippen LogP contribution in [-0.4, -0.2) is 98.3 Å². The Morgan fingerprint density at radius 3 is 2.44 bits per heavy atom. The number of ether oxygens (including phenoxy) is 3. The first kappa shape index (κ1) is 25.4. The summed E-state index contributed by atoms with van der Waals surface area (Å²) in [5.74, 6) is -0.357. The van der Waals surface area contributed by atoms with Crippen molar-refractivity contribution in [3.63, 3.8) is 0 Å². The van der Waals surface area contributed by atoms with Crippen LogP contribution in [0.25, 0.3) is 0 Å². The van der Waals surface area contributed by atoms with E-state index in [1.54, 1.807) is 0 Å². The van der Waals surface area contributed by atoms with Gasteiger partial charge >= 0.3 is 5.97 Å². The highest BCUT2D eigenvalue weighted by Crippen LogP contribution is 2.76. The molecule has 4 aliphatic carbocycles. The number of aliphatic hydroxyl groups excluding tert-OH is 6. The average molecular weight is 513 g/mol. The van der Waals surface area contributed by atoms with Gasteiger partial charge in [0.05, 0.1) is 30.8 Å². The molecule has 0 aromatic rings. The highest BCUT2D eigenvalue weighted by molar-refractivity contribution is 5.77. The van der Waals surface area contributed by atoms with Crippen LogP contribution in [0.2, 0.25) is 0 Å². The number of hydrogen-bond acceptors (Lipinski definition) is 10. The minimum Gasteiger partial charge on any atom is -0.432 e. The van der Waals surface area contributed by atoms with E-state index in [9.17, 15) is 35.4 Å². The van der Waals surface area contributed by atoms with Crippen molar-refractivity contribution >= 4 is 5.97 Å². The average Bonchev–Trinajstić information content (AvgIpc) is 3.23. The van der Waals surface area contributed by atoms with Crippen LogP contribution in [0.4, 0.5) is 0 Å². The van der Waals surface area contributed by atoms with E-state index in [-0.39, 0.29) is 41.3 Å². The van der Waals surface area contributed by atoms with Crippen molar-refractivity contribution < 1.29 is 49.6 Å². The van der Waals surface area contributed by atoms with Crippen molar-refractivity contribution in [1.82, 2.24) is 0 Å². The number of carbonyl (C=O) groups is 1. The molecule has 10 heteroatoms. The fourth-order valence-electron chi connectivity index (χ4n) is 10.1. The van der Waals surface area contributed by atoms with E-state index >= 15 is 0 Å². The van der Waals surface area contributed by atoms with Crippen molar-refractivity contribution in [1.29, 1.82) is 0 Å². The molecule has 36 heavy (non-hydrogen) atoms. The molecule has 4 bridgehead atoms. The minimum atomic E-state index is -1.64. The van der Waals surface area contributed by atoms with E-state index in [0.717, 1.165) is 38.5 Å². The standard InChI is InChI=1S/C26H40O10/c1-23-5-3-6-24(2,22(33)35-20-18(31)17(30)16(29)14(10-27)34-20)15(23)4-7-25-9-12-8-13(19(23)25)36-26(12,11-28)21(25)32/h12-21,27-32H,3-11H2,1-2H3/t12?,13?,14?,15-,16?,17?,18?,19-,20?,21-,23?,24+,25?,26?/m0/s1. The third-order valence-electron chi connectivity index (χ3n) is 11.6. The molecule has 3 aliphatic heterocycles. The third-order valence-corrected chi connectivity index (χ3v) is 11.6. The number of carbonyl (C=O) groups excluding carboxylic acids is 1. The lowest BCUT2D eigenvalue weighted by atomic mass is 9.40. The predicted octanol–water partition coefficient (Wildman–Crippen LogP) is -0.547. The Kier molecular flexibility index (Phi) is 5.71. The highest BCUT2D eigenvalue weighted by atomic mass is 16.7. The second-order valence-corrected chi connectivity index (χ2v) is 13.0. The minimum absolute atomic E-state index is 0.0520. The van der Waals surface area contributed by atoms with Crippen LogP contribution in [0.5, 0.6) is 0 Å². The number of fused-ring (bicyclic) bond motifs is 1. The second kappa shape index (κ2) is 8.08. The van der Waals surface area contributed by atoms with E-state index in [1.807, 2.05) is 6.92 Å². The van der Waals surface area contributed by atoms with Crippen molar-refractivity contribution in [2.45, 2.75) is 107 Å². The molecule has 3 heterocycles. The summed E-state index contributed by atoms with van der Waals surface area (Å²) in [6, 6.07) is 0. The Labute approximate surface area is 210 Å². The first-order chi connectivity index (χ1) is 17.0. The van der Waals surface area contributed by atoms with Gasteiger partial charge in [0, 0.05) is 5.41 Å². The zero-order chi connectivity index (χ0) is 25.8. The summed E-state index contributed by atoms with van der Waals surface area (Å²) in [7, 11) is 0. The van der Waals surface area contributed by atoms with E-state index in [2.05, 4.69) is 6.92 Å². The van der Waals surface area contributed by atoms with E-state index < -0.39 is 60.4 Å². The summed E-state index contributed by atoms with van der Waals surface area (Å²) < 4.78 is 17.6. The Hall–Kier alpha value is -0.850. The Morgan fingerprint density at radius 2 is 1.78 bits per heavy atom. The second-order valence-electron chi connectivity index (χ2n) is 13.0. The normalized spacial score (nSPS) is 59.4. The predicted molar refractivity (Wildman–Crippen MR) is 122 cm³/mol. The summed E-state index contributed by atoms with van der Waals surface area (Å²) in [6.45, 7) is 3.35. The molecule has 0 aromatic carbocycles. The number of rotatable bonds is 4. The summed E-state index contributed by atoms with van der Waals surface area (Å²) in [6.07, 6.45) is -2.80. The molecule has 7 aliphatic rings. The first-order valence-electron chi connectivity index (χ1n) is 13.5. The van der Waals surface area contributed by atoms with Gasteiger partial charge in [-0.2, -0.15) is 0 Å². The fourth-order valence-corrected chi connectivity index (χ4v) is 10.1. The van der Waals surface area contributed by atoms with Crippen molar-refractivity contribution in [3.8, 4) is 0 Å². The van der Waals surface area contributed by atoms with Gasteiger partial charge in [0.15, 0.2) is 0 Å². The number of hydrogen-bond donors (Lipinski definition) is 6. The maximum atomic E-state index is 13.8. The van der Waals surface area contributed by atoms with Gasteiger partial charge in [-0.25, -0.2) is 0 Å². The molecule has 7 rings (SSSR count). The molecule has 6 N–H and O–H groups in total. The third kappa shape index (κ3) is 2.93. The quantitative estimate of drug-likeness (QED) is 0.269. The molecule has 14 atom stereocenters. The summed E-state index contributed by atoms with van der Waals surface area (Å²) in [5, 5.41) is 61.8. The lowest BCUT2D eigenvalue weighted by Crippen LogP contribution is -2.68. The molecule has 3 saturated heterocycles. The SMILES string of the molecule is CC12CCC[C@@](C)(C(=O)OC3OC(CO)C(O)C(O)C3O)[C@H]1CCC13CC4CC(OC4(CO)[C@H]1O)[C@@H]23. The molecule has 1 spiro atoms. The van der Waals surface area contributed by atoms with Crippen LogP contribution in [0, 0.1) is 34.0 Å². The van der Waals surface area contributed by atoms with Crippen molar-refractivity contribution in [3.05, 3.63) is 0 Å². The molecular formula is C26H40O10. The zero-order valence-corrected chi connectivity index (χ0v) is 21.0. The molecular weight excluding hydrogens is 472 g/mol.